The van der Waals surface area contributed by atoms with Gasteiger partial charge in [-0.1, -0.05) is 12.1 Å². The van der Waals surface area contributed by atoms with Crippen molar-refractivity contribution in [2.24, 2.45) is 0 Å². The molecule has 1 aromatic carbocycles. The van der Waals surface area contributed by atoms with Crippen molar-refractivity contribution in [2.75, 3.05) is 0 Å². The van der Waals surface area contributed by atoms with Crippen LogP contribution in [0.3, 0.4) is 0 Å². The Bertz CT molecular complexity index is 679. The van der Waals surface area contributed by atoms with Gasteiger partial charge in [-0.15, -0.1) is 0 Å². The average molecular weight is 232 g/mol. The van der Waals surface area contributed by atoms with Crippen molar-refractivity contribution in [3.05, 3.63) is 39.4 Å². The van der Waals surface area contributed by atoms with Gasteiger partial charge in [0, 0.05) is 5.54 Å². The van der Waals surface area contributed by atoms with Gasteiger partial charge in [0.15, 0.2) is 4.77 Å². The smallest absolute Gasteiger partial charge is 0.262 e. The summed E-state index contributed by atoms with van der Waals surface area (Å²) in [7, 11) is 0. The predicted molar refractivity (Wildman–Crippen MR) is 66.3 cm³/mol. The molecule has 0 aliphatic heterocycles. The minimum Gasteiger partial charge on any atom is -0.332 e. The molecule has 3 nitrogen and oxygen atoms in total. The fourth-order valence-corrected chi connectivity index (χ4v) is 2.47. The Hall–Kier alpha value is -1.42. The van der Waals surface area contributed by atoms with Crippen molar-refractivity contribution in [2.45, 2.75) is 25.3 Å². The molecular weight excluding hydrogens is 220 g/mol. The van der Waals surface area contributed by atoms with Gasteiger partial charge in [-0.05, 0) is 44.1 Å². The Labute approximate surface area is 97.7 Å². The van der Waals surface area contributed by atoms with Crippen molar-refractivity contribution in [3.8, 4) is 0 Å². The van der Waals surface area contributed by atoms with Crippen molar-refractivity contribution in [1.82, 2.24) is 9.55 Å². The molecule has 1 saturated carbocycles. The van der Waals surface area contributed by atoms with Crippen LogP contribution < -0.4 is 5.56 Å². The Morgan fingerprint density at radius 2 is 2.06 bits per heavy atom. The number of nitrogens with zero attached hydrogens (tertiary/aromatic N) is 1. The lowest BCUT2D eigenvalue weighted by Crippen LogP contribution is -2.29. The van der Waals surface area contributed by atoms with E-state index in [-0.39, 0.29) is 11.1 Å². The Morgan fingerprint density at radius 1 is 1.38 bits per heavy atom. The molecule has 0 amide bonds. The first-order valence-corrected chi connectivity index (χ1v) is 5.77. The van der Waals surface area contributed by atoms with Crippen molar-refractivity contribution in [3.63, 3.8) is 0 Å². The summed E-state index contributed by atoms with van der Waals surface area (Å²) < 4.78 is 2.26. The number of para-hydroxylation sites is 1. The van der Waals surface area contributed by atoms with Crippen LogP contribution in [0.15, 0.2) is 29.1 Å². The molecule has 1 aliphatic carbocycles. The fraction of sp³-hybridized carbons (Fsp3) is 0.333. The van der Waals surface area contributed by atoms with E-state index in [1.165, 1.54) is 0 Å². The molecule has 0 unspecified atom stereocenters. The van der Waals surface area contributed by atoms with Gasteiger partial charge < -0.3 is 4.98 Å². The van der Waals surface area contributed by atoms with Gasteiger partial charge in [0.25, 0.3) is 5.56 Å². The normalized spacial score (nSPS) is 17.6. The number of aromatic amines is 1. The maximum atomic E-state index is 12.3. The van der Waals surface area contributed by atoms with Gasteiger partial charge in [0.1, 0.15) is 0 Å². The minimum atomic E-state index is -0.0608. The third-order valence-electron chi connectivity index (χ3n) is 3.32. The zero-order valence-corrected chi connectivity index (χ0v) is 9.80. The number of aromatic nitrogens is 2. The van der Waals surface area contributed by atoms with Crippen LogP contribution >= 0.6 is 12.2 Å². The molecule has 1 heterocycles. The molecule has 2 aromatic rings. The SMILES string of the molecule is CC1(n2c(=S)[nH]c3ccccc3c2=O)CC1. The quantitative estimate of drug-likeness (QED) is 0.767. The molecular formula is C12H12N2OS. The third kappa shape index (κ3) is 1.26. The molecule has 1 N–H and O–H groups in total. The van der Waals surface area contributed by atoms with E-state index in [0.717, 1.165) is 18.4 Å². The topological polar surface area (TPSA) is 37.8 Å². The summed E-state index contributed by atoms with van der Waals surface area (Å²) in [5, 5.41) is 0.712. The Morgan fingerprint density at radius 3 is 2.75 bits per heavy atom. The zero-order chi connectivity index (χ0) is 11.3. The Kier molecular flexibility index (Phi) is 1.86. The molecule has 0 spiro atoms. The van der Waals surface area contributed by atoms with E-state index >= 15 is 0 Å². The molecule has 1 aliphatic rings. The largest absolute Gasteiger partial charge is 0.332 e. The maximum absolute atomic E-state index is 12.3. The van der Waals surface area contributed by atoms with Crippen LogP contribution in [-0.2, 0) is 5.54 Å². The van der Waals surface area contributed by atoms with Gasteiger partial charge in [0.2, 0.25) is 0 Å². The second-order valence-electron chi connectivity index (χ2n) is 4.61. The highest BCUT2D eigenvalue weighted by molar-refractivity contribution is 7.71. The summed E-state index contributed by atoms with van der Waals surface area (Å²) in [4.78, 5) is 15.4. The Balaban J connectivity index is 2.47. The lowest BCUT2D eigenvalue weighted by atomic mass is 10.2. The minimum absolute atomic E-state index is 0.0272. The summed E-state index contributed by atoms with van der Waals surface area (Å²) >= 11 is 5.26. The number of benzene rings is 1. The first kappa shape index (κ1) is 9.78. The average Bonchev–Trinajstić information content (AvgIpc) is 2.97. The molecule has 1 fully saturated rings. The van der Waals surface area contributed by atoms with Gasteiger partial charge >= 0.3 is 0 Å². The van der Waals surface area contributed by atoms with Gasteiger partial charge in [-0.3, -0.25) is 9.36 Å². The molecule has 4 heteroatoms. The van der Waals surface area contributed by atoms with E-state index in [9.17, 15) is 4.79 Å². The van der Waals surface area contributed by atoms with Crippen molar-refractivity contribution in [1.29, 1.82) is 0 Å². The highest BCUT2D eigenvalue weighted by atomic mass is 32.1. The first-order chi connectivity index (χ1) is 7.62. The molecule has 0 bridgehead atoms. The second-order valence-corrected chi connectivity index (χ2v) is 5.00. The lowest BCUT2D eigenvalue weighted by Gasteiger charge is -2.13. The summed E-state index contributed by atoms with van der Waals surface area (Å²) in [6.07, 6.45) is 2.06. The van der Waals surface area contributed by atoms with Crippen LogP contribution in [0, 0.1) is 4.77 Å². The van der Waals surface area contributed by atoms with Crippen LogP contribution in [0.4, 0.5) is 0 Å². The van der Waals surface area contributed by atoms with Gasteiger partial charge in [-0.25, -0.2) is 0 Å². The van der Waals surface area contributed by atoms with Crippen molar-refractivity contribution < 1.29 is 0 Å². The predicted octanol–water partition coefficient (Wildman–Crippen LogP) is 2.57. The maximum Gasteiger partial charge on any atom is 0.262 e. The first-order valence-electron chi connectivity index (χ1n) is 5.36. The highest BCUT2D eigenvalue weighted by Crippen LogP contribution is 2.41. The van der Waals surface area contributed by atoms with Gasteiger partial charge in [-0.2, -0.15) is 0 Å². The van der Waals surface area contributed by atoms with Crippen LogP contribution in [0.2, 0.25) is 0 Å². The molecule has 0 saturated heterocycles. The van der Waals surface area contributed by atoms with E-state index < -0.39 is 0 Å². The summed E-state index contributed by atoms with van der Waals surface area (Å²) in [5.74, 6) is 0. The lowest BCUT2D eigenvalue weighted by molar-refractivity contribution is 0.502. The molecule has 82 valence electrons. The number of nitrogens with one attached hydrogen (secondary N) is 1. The number of hydrogen-bond acceptors (Lipinski definition) is 2. The van der Waals surface area contributed by atoms with E-state index in [1.807, 2.05) is 24.3 Å². The third-order valence-corrected chi connectivity index (χ3v) is 3.60. The summed E-state index contributed by atoms with van der Waals surface area (Å²) in [6.45, 7) is 2.08. The highest BCUT2D eigenvalue weighted by Gasteiger charge is 2.41. The molecule has 16 heavy (non-hydrogen) atoms. The fourth-order valence-electron chi connectivity index (χ4n) is 2.06. The van der Waals surface area contributed by atoms with Crippen LogP contribution in [0.1, 0.15) is 19.8 Å². The monoisotopic (exact) mass is 232 g/mol. The van der Waals surface area contributed by atoms with Crippen molar-refractivity contribution >= 4 is 23.1 Å². The second kappa shape index (κ2) is 3.04. The standard InChI is InChI=1S/C12H12N2OS/c1-12(6-7-12)14-10(15)8-4-2-3-5-9(8)13-11(14)16/h2-5H,6-7H2,1H3,(H,13,16). The molecule has 0 radical (unpaired) electrons. The zero-order valence-electron chi connectivity index (χ0n) is 8.99. The van der Waals surface area contributed by atoms with Crippen LogP contribution in [0.5, 0.6) is 0 Å². The number of hydrogen-bond donors (Lipinski definition) is 1. The van der Waals surface area contributed by atoms with E-state index in [4.69, 9.17) is 12.2 Å². The summed E-state index contributed by atoms with van der Waals surface area (Å²) in [6, 6.07) is 7.49. The molecule has 1 aromatic heterocycles. The molecule has 0 atom stereocenters. The number of H-pyrrole nitrogens is 1. The van der Waals surface area contributed by atoms with E-state index in [0.29, 0.717) is 10.2 Å². The van der Waals surface area contributed by atoms with E-state index in [2.05, 4.69) is 11.9 Å². The number of rotatable bonds is 1. The van der Waals surface area contributed by atoms with Gasteiger partial charge in [0.05, 0.1) is 10.9 Å². The number of fused-ring (bicyclic) bond motifs is 1. The van der Waals surface area contributed by atoms with Crippen LogP contribution in [0.25, 0.3) is 10.9 Å². The van der Waals surface area contributed by atoms with E-state index in [1.54, 1.807) is 4.57 Å². The summed E-state index contributed by atoms with van der Waals surface area (Å²) in [5.41, 5.74) is 0.784. The molecule has 3 rings (SSSR count). The van der Waals surface area contributed by atoms with Crippen LogP contribution in [-0.4, -0.2) is 9.55 Å².